The molecule has 0 amide bonds. The largest absolute Gasteiger partial charge is 0.423 e. The van der Waals surface area contributed by atoms with Crippen molar-refractivity contribution in [3.05, 3.63) is 14.4 Å². The molecule has 0 aromatic carbocycles. The van der Waals surface area contributed by atoms with Crippen molar-refractivity contribution in [1.82, 2.24) is 0 Å². The number of ether oxygens (including phenoxy) is 1. The van der Waals surface area contributed by atoms with Crippen molar-refractivity contribution in [2.75, 3.05) is 13.7 Å². The fraction of sp³-hybridized carbons (Fsp3) is 0.600. The third-order valence-electron chi connectivity index (χ3n) is 0.359. The van der Waals surface area contributed by atoms with E-state index in [4.69, 9.17) is 5.11 Å². The van der Waals surface area contributed by atoms with Gasteiger partial charge in [0.25, 0.3) is 0 Å². The van der Waals surface area contributed by atoms with Gasteiger partial charge < -0.3 is 24.2 Å². The van der Waals surface area contributed by atoms with Crippen LogP contribution in [0.4, 0.5) is 0 Å². The first-order chi connectivity index (χ1) is 2.77. The van der Waals surface area contributed by atoms with Crippen LogP contribution in [0, 0.1) is 14.4 Å². The first-order valence-corrected chi connectivity index (χ1v) is 1.77. The average molecular weight is 193 g/mol. The van der Waals surface area contributed by atoms with Gasteiger partial charge in [-0.25, -0.2) is 0 Å². The first-order valence-electron chi connectivity index (χ1n) is 1.77. The minimum absolute atomic E-state index is 0. The van der Waals surface area contributed by atoms with Crippen molar-refractivity contribution in [2.45, 2.75) is 6.10 Å². The Morgan fingerprint density at radius 3 is 2.12 bits per heavy atom. The van der Waals surface area contributed by atoms with Crippen LogP contribution in [0.5, 0.6) is 0 Å². The van der Waals surface area contributed by atoms with Gasteiger partial charge in [-0.15, -0.1) is 0 Å². The minimum Gasteiger partial charge on any atom is -0.423 e. The van der Waals surface area contributed by atoms with Crippen molar-refractivity contribution < 1.29 is 42.6 Å². The van der Waals surface area contributed by atoms with Crippen molar-refractivity contribution in [3.8, 4) is 0 Å². The molecule has 0 aliphatic carbocycles. The topological polar surface area (TPSA) is 29.5 Å². The average Bonchev–Trinajstić information content (AvgIpc) is 1.35. The Bertz CT molecular complexity index is 31.6. The Balaban J connectivity index is -0.000000125. The molecule has 0 heterocycles. The van der Waals surface area contributed by atoms with E-state index < -0.39 is 6.10 Å². The van der Waals surface area contributed by atoms with Gasteiger partial charge in [0.15, 0.2) is 0 Å². The Morgan fingerprint density at radius 2 is 2.12 bits per heavy atom. The second-order valence-electron chi connectivity index (χ2n) is 1.11. The molecule has 1 N–H and O–H groups in total. The first kappa shape index (κ1) is 16.0. The molecule has 0 spiro atoms. The molecule has 1 atom stereocenters. The van der Waals surface area contributed by atoms with E-state index in [0.717, 1.165) is 0 Å². The molecule has 0 fully saturated rings. The van der Waals surface area contributed by atoms with E-state index in [9.17, 15) is 0 Å². The molecule has 8 heavy (non-hydrogen) atoms. The van der Waals surface area contributed by atoms with Crippen LogP contribution < -0.4 is 0 Å². The number of hydrogen-bond donors (Lipinski definition) is 1. The zero-order valence-electron chi connectivity index (χ0n) is 5.42. The van der Waals surface area contributed by atoms with E-state index >= 15 is 0 Å². The molecule has 0 saturated heterocycles. The molecule has 0 aliphatic rings. The molecule has 0 rings (SSSR count). The van der Waals surface area contributed by atoms with Crippen LogP contribution in [0.15, 0.2) is 0 Å². The summed E-state index contributed by atoms with van der Waals surface area (Å²) in [6.07, 6.45) is -0.574. The molecule has 1 unspecified atom stereocenters. The molecular weight excluding hydrogens is 181 g/mol. The number of aliphatic hydroxyl groups is 1. The van der Waals surface area contributed by atoms with Gasteiger partial charge in [0.1, 0.15) is 0 Å². The molecule has 49 valence electrons. The Labute approximate surface area is 76.5 Å². The van der Waals surface area contributed by atoms with Crippen LogP contribution in [0.3, 0.4) is 0 Å². The summed E-state index contributed by atoms with van der Waals surface area (Å²) < 4.78 is 4.49. The van der Waals surface area contributed by atoms with Crippen LogP contribution in [0.25, 0.3) is 0 Å². The van der Waals surface area contributed by atoms with Crippen LogP contribution in [0.2, 0.25) is 0 Å². The van der Waals surface area contributed by atoms with E-state index in [2.05, 4.69) is 11.7 Å². The summed E-state index contributed by atoms with van der Waals surface area (Å²) in [7, 11) is 1.52. The van der Waals surface area contributed by atoms with Crippen molar-refractivity contribution in [3.63, 3.8) is 0 Å². The zero-order valence-corrected chi connectivity index (χ0v) is 8.26. The Morgan fingerprint density at radius 1 is 1.75 bits per heavy atom. The zero-order chi connectivity index (χ0) is 4.99. The SMILES string of the molecule is [CH2-]C(O)COC.[CH3-].[Y]. The summed E-state index contributed by atoms with van der Waals surface area (Å²) in [4.78, 5) is 0. The van der Waals surface area contributed by atoms with E-state index in [-0.39, 0.29) is 40.1 Å². The van der Waals surface area contributed by atoms with Gasteiger partial charge in [0.05, 0.1) is 0 Å². The van der Waals surface area contributed by atoms with E-state index in [1.807, 2.05) is 0 Å². The molecule has 3 heteroatoms. The van der Waals surface area contributed by atoms with Crippen LogP contribution in [-0.2, 0) is 37.4 Å². The van der Waals surface area contributed by atoms with Gasteiger partial charge >= 0.3 is 0 Å². The second kappa shape index (κ2) is 10.9. The fourth-order valence-electron chi connectivity index (χ4n) is 0.192. The fourth-order valence-corrected chi connectivity index (χ4v) is 0.192. The Kier molecular flexibility index (Phi) is 21.8. The summed E-state index contributed by atoms with van der Waals surface area (Å²) in [5.74, 6) is 0. The van der Waals surface area contributed by atoms with E-state index in [0.29, 0.717) is 6.61 Å². The van der Waals surface area contributed by atoms with Crippen LogP contribution >= 0.6 is 0 Å². The maximum atomic E-state index is 8.32. The molecule has 2 nitrogen and oxygen atoms in total. The van der Waals surface area contributed by atoms with Crippen molar-refractivity contribution in [2.24, 2.45) is 0 Å². The standard InChI is InChI=1S/C4H9O2.CH3.Y/c1-4(5)3-6-2;;/h4-5H,1,3H2,2H3;1H3;/q2*-1;. The molecule has 0 aromatic rings. The number of aliphatic hydroxyl groups excluding tert-OH is 1. The molecule has 0 saturated carbocycles. The second-order valence-corrected chi connectivity index (χ2v) is 1.11. The van der Waals surface area contributed by atoms with Crippen LogP contribution in [-0.4, -0.2) is 24.9 Å². The minimum atomic E-state index is -0.574. The maximum absolute atomic E-state index is 8.32. The maximum Gasteiger partial charge on any atom is 0.0439 e. The number of rotatable bonds is 2. The smallest absolute Gasteiger partial charge is 0.0439 e. The molecule has 1 radical (unpaired) electrons. The molecule has 0 bridgehead atoms. The van der Waals surface area contributed by atoms with Gasteiger partial charge in [-0.3, -0.25) is 0 Å². The van der Waals surface area contributed by atoms with Crippen molar-refractivity contribution >= 4 is 0 Å². The van der Waals surface area contributed by atoms with Gasteiger partial charge in [0.2, 0.25) is 0 Å². The summed E-state index contributed by atoms with van der Waals surface area (Å²) in [6, 6.07) is 0. The number of methoxy groups -OCH3 is 1. The Hall–Kier alpha value is 1.02. The van der Waals surface area contributed by atoms with Crippen LogP contribution in [0.1, 0.15) is 0 Å². The molecule has 0 aliphatic heterocycles. The monoisotopic (exact) mass is 193 g/mol. The summed E-state index contributed by atoms with van der Waals surface area (Å²) in [5, 5.41) is 8.32. The molecule has 0 aromatic heterocycles. The van der Waals surface area contributed by atoms with Gasteiger partial charge in [-0.2, -0.15) is 0 Å². The summed E-state index contributed by atoms with van der Waals surface area (Å²) in [5.41, 5.74) is 0. The molecular formula is C5H12O2Y-2. The third kappa shape index (κ3) is 15.7. The van der Waals surface area contributed by atoms with E-state index in [1.165, 1.54) is 7.11 Å². The predicted molar refractivity (Wildman–Crippen MR) is 29.7 cm³/mol. The van der Waals surface area contributed by atoms with Gasteiger partial charge in [0, 0.05) is 46.4 Å². The predicted octanol–water partition coefficient (Wildman–Crippen LogP) is 0.276. The summed E-state index contributed by atoms with van der Waals surface area (Å²) >= 11 is 0. The summed E-state index contributed by atoms with van der Waals surface area (Å²) in [6.45, 7) is 3.58. The number of hydrogen-bond acceptors (Lipinski definition) is 2. The normalized spacial score (nSPS) is 10.9. The quantitative estimate of drug-likeness (QED) is 0.638. The van der Waals surface area contributed by atoms with Crippen molar-refractivity contribution in [1.29, 1.82) is 0 Å². The van der Waals surface area contributed by atoms with Gasteiger partial charge in [-0.1, -0.05) is 0 Å². The van der Waals surface area contributed by atoms with Gasteiger partial charge in [-0.05, 0) is 6.10 Å². The van der Waals surface area contributed by atoms with E-state index in [1.54, 1.807) is 0 Å². The third-order valence-corrected chi connectivity index (χ3v) is 0.359.